The summed E-state index contributed by atoms with van der Waals surface area (Å²) >= 11 is 0. The van der Waals surface area contributed by atoms with Crippen LogP contribution in [0.1, 0.15) is 0 Å². The number of para-hydroxylation sites is 1. The van der Waals surface area contributed by atoms with E-state index in [2.05, 4.69) is 221 Å². The molecule has 5 nitrogen and oxygen atoms in total. The van der Waals surface area contributed by atoms with Crippen LogP contribution in [0, 0.1) is 0 Å². The van der Waals surface area contributed by atoms with Crippen molar-refractivity contribution in [1.82, 2.24) is 24.1 Å². The van der Waals surface area contributed by atoms with E-state index in [1.54, 1.807) is 0 Å². The van der Waals surface area contributed by atoms with Crippen molar-refractivity contribution in [3.8, 4) is 67.8 Å². The van der Waals surface area contributed by atoms with Crippen LogP contribution in [0.3, 0.4) is 0 Å². The van der Waals surface area contributed by atoms with Gasteiger partial charge in [-0.15, -0.1) is 0 Å². The van der Waals surface area contributed by atoms with E-state index in [4.69, 9.17) is 15.0 Å². The predicted molar refractivity (Wildman–Crippen MR) is 273 cm³/mol. The zero-order valence-electron chi connectivity index (χ0n) is 35.8. The molecule has 0 N–H and O–H groups in total. The molecule has 66 heavy (non-hydrogen) atoms. The fourth-order valence-electron chi connectivity index (χ4n) is 9.93. The van der Waals surface area contributed by atoms with E-state index in [1.807, 2.05) is 24.3 Å². The maximum Gasteiger partial charge on any atom is 0.238 e. The smallest absolute Gasteiger partial charge is 0.238 e. The van der Waals surface area contributed by atoms with Gasteiger partial charge in [0.2, 0.25) is 5.95 Å². The lowest BCUT2D eigenvalue weighted by atomic mass is 9.98. The molecule has 0 fully saturated rings. The van der Waals surface area contributed by atoms with Gasteiger partial charge in [0, 0.05) is 38.4 Å². The van der Waals surface area contributed by atoms with Crippen LogP contribution < -0.4 is 0 Å². The molecular formula is C61H39N5. The summed E-state index contributed by atoms with van der Waals surface area (Å²) in [5.41, 5.74) is 14.2. The molecule has 10 aromatic carbocycles. The van der Waals surface area contributed by atoms with E-state index < -0.39 is 0 Å². The van der Waals surface area contributed by atoms with Gasteiger partial charge in [-0.05, 0) is 92.7 Å². The Balaban J connectivity index is 1.12. The second-order valence-corrected chi connectivity index (χ2v) is 16.8. The average molecular weight is 842 g/mol. The third-order valence-corrected chi connectivity index (χ3v) is 12.9. The molecule has 0 radical (unpaired) electrons. The number of nitrogens with zero attached hydrogens (tertiary/aromatic N) is 5. The second-order valence-electron chi connectivity index (χ2n) is 16.8. The molecular weight excluding hydrogens is 803 g/mol. The SMILES string of the molecule is c1ccc(-c2cccc(-c3nc(-c4ccccc4)nc(-n4c5ccccc5c5c6c7c8ccccc8ccc7n(-c7cc(-c8ccccc8)cc(-c8ccccc8)c7)c6ccc54)n3)c2)cc1. The molecule has 0 amide bonds. The molecule has 0 saturated heterocycles. The van der Waals surface area contributed by atoms with Gasteiger partial charge in [0.1, 0.15) is 0 Å². The molecule has 3 aromatic heterocycles. The first-order valence-corrected chi connectivity index (χ1v) is 22.4. The lowest BCUT2D eigenvalue weighted by Crippen LogP contribution is -2.06. The van der Waals surface area contributed by atoms with E-state index in [0.29, 0.717) is 17.6 Å². The first-order chi connectivity index (χ1) is 32.7. The minimum atomic E-state index is 0.561. The highest BCUT2D eigenvalue weighted by molar-refractivity contribution is 6.33. The maximum absolute atomic E-state index is 5.36. The molecule has 0 aliphatic heterocycles. The van der Waals surface area contributed by atoms with Gasteiger partial charge in [-0.3, -0.25) is 4.57 Å². The number of benzene rings is 10. The van der Waals surface area contributed by atoms with Gasteiger partial charge in [0.05, 0.1) is 22.1 Å². The predicted octanol–water partition coefficient (Wildman–Crippen LogP) is 15.6. The normalized spacial score (nSPS) is 11.6. The van der Waals surface area contributed by atoms with Crippen molar-refractivity contribution in [2.24, 2.45) is 0 Å². The van der Waals surface area contributed by atoms with E-state index in [0.717, 1.165) is 71.9 Å². The Labute approximate surface area is 381 Å². The van der Waals surface area contributed by atoms with Crippen LogP contribution in [0.2, 0.25) is 0 Å². The second kappa shape index (κ2) is 15.4. The minimum absolute atomic E-state index is 0.561. The zero-order chi connectivity index (χ0) is 43.6. The third kappa shape index (κ3) is 6.21. The van der Waals surface area contributed by atoms with Gasteiger partial charge in [-0.25, -0.2) is 4.98 Å². The standard InChI is InChI=1S/C61H39N5/c1-5-18-40(19-6-1)45-27-17-28-46(36-45)60-62-59(44-25-11-4-12-26-44)63-61(64-60)66-52-31-16-15-30-51(52)57-54(66)34-35-55-58(57)56-50-29-14-13-24-43(50)32-33-53(56)65(55)49-38-47(41-20-7-2-8-21-41)37-48(39-49)42-22-9-3-10-23-42/h1-39H. The van der Waals surface area contributed by atoms with Crippen molar-refractivity contribution in [2.75, 3.05) is 0 Å². The van der Waals surface area contributed by atoms with Gasteiger partial charge in [0.15, 0.2) is 11.6 Å². The fourth-order valence-corrected chi connectivity index (χ4v) is 9.93. The van der Waals surface area contributed by atoms with Crippen molar-refractivity contribution in [3.05, 3.63) is 237 Å². The van der Waals surface area contributed by atoms with Crippen LogP contribution >= 0.6 is 0 Å². The molecule has 0 saturated carbocycles. The molecule has 0 aliphatic carbocycles. The summed E-state index contributed by atoms with van der Waals surface area (Å²) in [4.78, 5) is 15.8. The van der Waals surface area contributed by atoms with E-state index in [1.165, 1.54) is 32.7 Å². The molecule has 0 bridgehead atoms. The van der Waals surface area contributed by atoms with Gasteiger partial charge in [0.25, 0.3) is 0 Å². The third-order valence-electron chi connectivity index (χ3n) is 12.9. The van der Waals surface area contributed by atoms with Crippen molar-refractivity contribution < 1.29 is 0 Å². The highest BCUT2D eigenvalue weighted by atomic mass is 15.2. The summed E-state index contributed by atoms with van der Waals surface area (Å²) in [6, 6.07) is 84.1. The van der Waals surface area contributed by atoms with E-state index in [9.17, 15) is 0 Å². The van der Waals surface area contributed by atoms with E-state index in [-0.39, 0.29) is 0 Å². The summed E-state index contributed by atoms with van der Waals surface area (Å²) in [5, 5.41) is 7.08. The highest BCUT2D eigenvalue weighted by Crippen LogP contribution is 2.45. The quantitative estimate of drug-likeness (QED) is 0.161. The van der Waals surface area contributed by atoms with Gasteiger partial charge >= 0.3 is 0 Å². The lowest BCUT2D eigenvalue weighted by molar-refractivity contribution is 0.953. The lowest BCUT2D eigenvalue weighted by Gasteiger charge is -2.14. The summed E-state index contributed by atoms with van der Waals surface area (Å²) < 4.78 is 4.70. The Morgan fingerprint density at radius 1 is 0.258 bits per heavy atom. The molecule has 0 aliphatic rings. The zero-order valence-corrected chi connectivity index (χ0v) is 35.8. The number of aromatic nitrogens is 5. The first kappa shape index (κ1) is 37.6. The average Bonchev–Trinajstić information content (AvgIpc) is 3.93. The van der Waals surface area contributed by atoms with Crippen LogP contribution in [0.25, 0.3) is 122 Å². The molecule has 3 heterocycles. The van der Waals surface area contributed by atoms with Crippen LogP contribution in [0.5, 0.6) is 0 Å². The topological polar surface area (TPSA) is 48.5 Å². The molecule has 0 spiro atoms. The Hall–Kier alpha value is -8.93. The molecule has 0 unspecified atom stereocenters. The van der Waals surface area contributed by atoms with Crippen molar-refractivity contribution in [2.45, 2.75) is 0 Å². The van der Waals surface area contributed by atoms with Crippen molar-refractivity contribution in [3.63, 3.8) is 0 Å². The van der Waals surface area contributed by atoms with Crippen LogP contribution in [-0.2, 0) is 0 Å². The first-order valence-electron chi connectivity index (χ1n) is 22.4. The van der Waals surface area contributed by atoms with E-state index >= 15 is 0 Å². The van der Waals surface area contributed by atoms with Crippen molar-refractivity contribution in [1.29, 1.82) is 0 Å². The minimum Gasteiger partial charge on any atom is -0.309 e. The van der Waals surface area contributed by atoms with Crippen LogP contribution in [-0.4, -0.2) is 24.1 Å². The fraction of sp³-hybridized carbons (Fsp3) is 0. The Kier molecular flexibility index (Phi) is 8.78. The molecule has 5 heteroatoms. The monoisotopic (exact) mass is 841 g/mol. The molecule has 308 valence electrons. The van der Waals surface area contributed by atoms with Crippen molar-refractivity contribution >= 4 is 54.4 Å². The highest BCUT2D eigenvalue weighted by Gasteiger charge is 2.24. The Bertz CT molecular complexity index is 3910. The molecule has 13 aromatic rings. The van der Waals surface area contributed by atoms with Crippen LogP contribution in [0.15, 0.2) is 237 Å². The number of rotatable bonds is 7. The summed E-state index contributed by atoms with van der Waals surface area (Å²) in [5.74, 6) is 1.78. The molecule has 0 atom stereocenters. The number of fused-ring (bicyclic) bond motifs is 9. The summed E-state index contributed by atoms with van der Waals surface area (Å²) in [7, 11) is 0. The number of hydrogen-bond donors (Lipinski definition) is 0. The number of hydrogen-bond acceptors (Lipinski definition) is 3. The van der Waals surface area contributed by atoms with Crippen LogP contribution in [0.4, 0.5) is 0 Å². The molecule has 13 rings (SSSR count). The Morgan fingerprint density at radius 2 is 0.712 bits per heavy atom. The van der Waals surface area contributed by atoms with Gasteiger partial charge in [-0.1, -0.05) is 188 Å². The summed E-state index contributed by atoms with van der Waals surface area (Å²) in [6.45, 7) is 0. The largest absolute Gasteiger partial charge is 0.309 e. The Morgan fingerprint density at radius 3 is 1.38 bits per heavy atom. The summed E-state index contributed by atoms with van der Waals surface area (Å²) in [6.07, 6.45) is 0. The van der Waals surface area contributed by atoms with Gasteiger partial charge in [-0.2, -0.15) is 9.97 Å². The maximum atomic E-state index is 5.36. The van der Waals surface area contributed by atoms with Gasteiger partial charge < -0.3 is 4.57 Å².